The van der Waals surface area contributed by atoms with Crippen LogP contribution in [0, 0.1) is 0 Å². The van der Waals surface area contributed by atoms with Crippen molar-refractivity contribution in [3.05, 3.63) is 113 Å². The van der Waals surface area contributed by atoms with Gasteiger partial charge >= 0.3 is 0 Å². The van der Waals surface area contributed by atoms with Crippen molar-refractivity contribution in [2.45, 2.75) is 20.0 Å². The molecule has 164 valence electrons. The molecule has 0 amide bonds. The van der Waals surface area contributed by atoms with E-state index in [1.165, 1.54) is 11.8 Å². The van der Waals surface area contributed by atoms with Crippen molar-refractivity contribution in [1.82, 2.24) is 9.78 Å². The second-order valence-corrected chi connectivity index (χ2v) is 7.60. The minimum absolute atomic E-state index is 0.147. The fourth-order valence-corrected chi connectivity index (χ4v) is 3.49. The van der Waals surface area contributed by atoms with Crippen LogP contribution >= 0.6 is 0 Å². The van der Waals surface area contributed by atoms with Crippen LogP contribution < -0.4 is 14.9 Å². The molecule has 3 aromatic carbocycles. The molecule has 0 N–H and O–H groups in total. The fraction of sp³-hybridized carbons (Fsp3) is 0.111. The molecule has 0 fully saturated rings. The van der Waals surface area contributed by atoms with Crippen molar-refractivity contribution in [2.75, 3.05) is 0 Å². The number of aromatic nitrogens is 2. The number of aryl methyl sites for hydroxylation is 1. The zero-order chi connectivity index (χ0) is 22.6. The normalized spacial score (nSPS) is 10.9. The molecular formula is C27H22N2O4. The molecule has 0 aliphatic carbocycles. The summed E-state index contributed by atoms with van der Waals surface area (Å²) in [7, 11) is 0. The second-order valence-electron chi connectivity index (χ2n) is 7.60. The van der Waals surface area contributed by atoms with Gasteiger partial charge in [0.2, 0.25) is 11.2 Å². The molecule has 0 unspecified atom stereocenters. The Labute approximate surface area is 190 Å². The highest BCUT2D eigenvalue weighted by atomic mass is 16.5. The largest absolute Gasteiger partial charge is 0.489 e. The Bertz CT molecular complexity index is 1440. The van der Waals surface area contributed by atoms with Gasteiger partial charge in [0.15, 0.2) is 0 Å². The van der Waals surface area contributed by atoms with Crippen LogP contribution in [0.5, 0.6) is 17.2 Å². The zero-order valence-corrected chi connectivity index (χ0v) is 18.1. The number of hydrogen-bond acceptors (Lipinski definition) is 5. The van der Waals surface area contributed by atoms with Gasteiger partial charge in [0, 0.05) is 17.8 Å². The van der Waals surface area contributed by atoms with Gasteiger partial charge in [-0.15, -0.1) is 0 Å². The van der Waals surface area contributed by atoms with Crippen LogP contribution in [0.3, 0.4) is 0 Å². The average molecular weight is 438 g/mol. The van der Waals surface area contributed by atoms with Gasteiger partial charge in [-0.2, -0.15) is 5.10 Å². The Balaban J connectivity index is 1.30. The van der Waals surface area contributed by atoms with Gasteiger partial charge < -0.3 is 13.9 Å². The lowest BCUT2D eigenvalue weighted by Crippen LogP contribution is -2.05. The lowest BCUT2D eigenvalue weighted by Gasteiger charge is -2.08. The molecule has 33 heavy (non-hydrogen) atoms. The van der Waals surface area contributed by atoms with Gasteiger partial charge in [0.25, 0.3) is 0 Å². The molecule has 0 saturated carbocycles. The number of para-hydroxylation sites is 1. The van der Waals surface area contributed by atoms with Crippen molar-refractivity contribution < 1.29 is 13.9 Å². The minimum atomic E-state index is -0.230. The van der Waals surface area contributed by atoms with Crippen LogP contribution in [-0.2, 0) is 13.0 Å². The summed E-state index contributed by atoms with van der Waals surface area (Å²) in [5.41, 5.74) is 3.32. The van der Waals surface area contributed by atoms with Crippen LogP contribution in [0.2, 0.25) is 0 Å². The lowest BCUT2D eigenvalue weighted by molar-refractivity contribution is 0.306. The Kier molecular flexibility index (Phi) is 5.64. The van der Waals surface area contributed by atoms with Gasteiger partial charge in [-0.25, -0.2) is 4.68 Å². The molecule has 2 aromatic heterocycles. The van der Waals surface area contributed by atoms with Crippen LogP contribution in [0.4, 0.5) is 0 Å². The first-order chi connectivity index (χ1) is 16.2. The van der Waals surface area contributed by atoms with Crippen molar-refractivity contribution >= 4 is 11.0 Å². The highest BCUT2D eigenvalue weighted by Crippen LogP contribution is 2.25. The van der Waals surface area contributed by atoms with E-state index in [4.69, 9.17) is 13.9 Å². The maximum absolute atomic E-state index is 12.8. The fourth-order valence-electron chi connectivity index (χ4n) is 3.49. The SMILES string of the molecule is CCc1ccc(Oc2coc3cc(OCc4cnn(-c5ccccc5)c4)ccc3c2=O)cc1. The molecule has 2 heterocycles. The molecular weight excluding hydrogens is 416 g/mol. The van der Waals surface area contributed by atoms with E-state index in [1.54, 1.807) is 29.1 Å². The number of benzene rings is 3. The highest BCUT2D eigenvalue weighted by Gasteiger charge is 2.11. The van der Waals surface area contributed by atoms with Gasteiger partial charge in [-0.1, -0.05) is 37.3 Å². The van der Waals surface area contributed by atoms with Crippen LogP contribution in [-0.4, -0.2) is 9.78 Å². The Morgan fingerprint density at radius 3 is 2.52 bits per heavy atom. The predicted molar refractivity (Wildman–Crippen MR) is 126 cm³/mol. The van der Waals surface area contributed by atoms with E-state index in [1.807, 2.05) is 60.8 Å². The van der Waals surface area contributed by atoms with Crippen molar-refractivity contribution in [1.29, 1.82) is 0 Å². The van der Waals surface area contributed by atoms with Crippen LogP contribution in [0.25, 0.3) is 16.7 Å². The molecule has 6 nitrogen and oxygen atoms in total. The third kappa shape index (κ3) is 4.50. The van der Waals surface area contributed by atoms with E-state index in [9.17, 15) is 4.79 Å². The molecule has 0 aliphatic rings. The molecule has 5 aromatic rings. The maximum atomic E-state index is 12.8. The van der Waals surface area contributed by atoms with Crippen LogP contribution in [0.15, 0.2) is 101 Å². The monoisotopic (exact) mass is 438 g/mol. The number of ether oxygens (including phenoxy) is 2. The molecule has 0 spiro atoms. The van der Waals surface area contributed by atoms with Gasteiger partial charge in [0.1, 0.15) is 30.0 Å². The van der Waals surface area contributed by atoms with Crippen molar-refractivity contribution in [2.24, 2.45) is 0 Å². The molecule has 5 rings (SSSR count). The van der Waals surface area contributed by atoms with Crippen molar-refractivity contribution in [3.8, 4) is 22.9 Å². The number of hydrogen-bond donors (Lipinski definition) is 0. The number of fused-ring (bicyclic) bond motifs is 1. The van der Waals surface area contributed by atoms with E-state index in [0.29, 0.717) is 29.1 Å². The van der Waals surface area contributed by atoms with E-state index < -0.39 is 0 Å². The summed E-state index contributed by atoms with van der Waals surface area (Å²) >= 11 is 0. The first kappa shape index (κ1) is 20.6. The predicted octanol–water partition coefficient (Wildman–Crippen LogP) is 5.91. The van der Waals surface area contributed by atoms with Crippen molar-refractivity contribution in [3.63, 3.8) is 0 Å². The molecule has 0 bridgehead atoms. The zero-order valence-electron chi connectivity index (χ0n) is 18.1. The second kappa shape index (κ2) is 9.04. The Morgan fingerprint density at radius 2 is 1.73 bits per heavy atom. The lowest BCUT2D eigenvalue weighted by atomic mass is 10.2. The Hall–Kier alpha value is -4.32. The van der Waals surface area contributed by atoms with Crippen LogP contribution in [0.1, 0.15) is 18.1 Å². The van der Waals surface area contributed by atoms with E-state index >= 15 is 0 Å². The quantitative estimate of drug-likeness (QED) is 0.316. The first-order valence-electron chi connectivity index (χ1n) is 10.7. The summed E-state index contributed by atoms with van der Waals surface area (Å²) < 4.78 is 19.1. The van der Waals surface area contributed by atoms with Gasteiger partial charge in [-0.05, 0) is 48.4 Å². The average Bonchev–Trinajstić information content (AvgIpc) is 3.35. The summed E-state index contributed by atoms with van der Waals surface area (Å²) in [4.78, 5) is 12.8. The molecule has 6 heteroatoms. The summed E-state index contributed by atoms with van der Waals surface area (Å²) in [5.74, 6) is 1.34. The van der Waals surface area contributed by atoms with Gasteiger partial charge in [-0.3, -0.25) is 4.79 Å². The van der Waals surface area contributed by atoms with E-state index in [0.717, 1.165) is 17.7 Å². The highest BCUT2D eigenvalue weighted by molar-refractivity contribution is 5.79. The molecule has 0 saturated heterocycles. The van der Waals surface area contributed by atoms with E-state index in [2.05, 4.69) is 12.0 Å². The topological polar surface area (TPSA) is 66.5 Å². The molecule has 0 aliphatic heterocycles. The third-order valence-electron chi connectivity index (χ3n) is 5.34. The standard InChI is InChI=1S/C27H22N2O4/c1-2-19-8-10-22(11-9-19)33-26-18-32-25-14-23(12-13-24(25)27(26)30)31-17-20-15-28-29(16-20)21-6-4-3-5-7-21/h3-16,18H,2,17H2,1H3. The van der Waals surface area contributed by atoms with E-state index in [-0.39, 0.29) is 11.2 Å². The molecule has 0 atom stereocenters. The smallest absolute Gasteiger partial charge is 0.235 e. The number of nitrogens with zero attached hydrogens (tertiary/aromatic N) is 2. The summed E-state index contributed by atoms with van der Waals surface area (Å²) in [6, 6.07) is 22.7. The summed E-state index contributed by atoms with van der Waals surface area (Å²) in [5, 5.41) is 4.81. The molecule has 0 radical (unpaired) electrons. The van der Waals surface area contributed by atoms with Gasteiger partial charge in [0.05, 0.1) is 17.3 Å². The third-order valence-corrected chi connectivity index (χ3v) is 5.34. The maximum Gasteiger partial charge on any atom is 0.235 e. The Morgan fingerprint density at radius 1 is 0.939 bits per heavy atom. The number of rotatable bonds is 7. The summed E-state index contributed by atoms with van der Waals surface area (Å²) in [6.07, 6.45) is 5.97. The first-order valence-corrected chi connectivity index (χ1v) is 10.7. The minimum Gasteiger partial charge on any atom is -0.489 e. The summed E-state index contributed by atoms with van der Waals surface area (Å²) in [6.45, 7) is 2.43.